The van der Waals surface area contributed by atoms with Gasteiger partial charge in [0.1, 0.15) is 13.2 Å². The summed E-state index contributed by atoms with van der Waals surface area (Å²) < 4.78 is 16.5. The highest BCUT2D eigenvalue weighted by Crippen LogP contribution is 2.42. The zero-order valence-corrected chi connectivity index (χ0v) is 11.3. The Labute approximate surface area is 115 Å². The fourth-order valence-corrected chi connectivity index (χ4v) is 2.89. The van der Waals surface area contributed by atoms with E-state index in [2.05, 4.69) is 0 Å². The molecule has 0 saturated heterocycles. The summed E-state index contributed by atoms with van der Waals surface area (Å²) in [6.07, 6.45) is 0. The molecule has 1 aromatic carbocycles. The molecule has 0 aliphatic carbocycles. The highest BCUT2D eigenvalue weighted by Gasteiger charge is 2.18. The average molecular weight is 278 g/mol. The van der Waals surface area contributed by atoms with Gasteiger partial charge in [0.15, 0.2) is 16.6 Å². The largest absolute Gasteiger partial charge is 0.487 e. The molecule has 0 fully saturated rings. The second-order valence-corrected chi connectivity index (χ2v) is 5.02. The molecule has 4 nitrogen and oxygen atoms in total. The summed E-state index contributed by atoms with van der Waals surface area (Å²) >= 11 is 1.53. The fraction of sp³-hybridized carbons (Fsp3) is 0.286. The van der Waals surface area contributed by atoms with Crippen molar-refractivity contribution in [2.45, 2.75) is 6.61 Å². The third kappa shape index (κ3) is 2.15. The van der Waals surface area contributed by atoms with E-state index in [1.54, 1.807) is 7.11 Å². The summed E-state index contributed by atoms with van der Waals surface area (Å²) in [7, 11) is 1.64. The number of hydrogen-bond acceptors (Lipinski definition) is 5. The molecule has 2 heterocycles. The standard InChI is InChI=1S/C14H14O4S/c1-16-14-10(2-5-19-14)11-7-13-12(6-9(11)8-15)17-3-4-18-13/h2,5-7,15H,3-4,8H2,1H3. The lowest BCUT2D eigenvalue weighted by molar-refractivity contribution is 0.171. The Hall–Kier alpha value is -1.72. The molecule has 1 aliphatic heterocycles. The average Bonchev–Trinajstić information content (AvgIpc) is 2.94. The third-order valence-electron chi connectivity index (χ3n) is 3.04. The van der Waals surface area contributed by atoms with Crippen LogP contribution in [0.3, 0.4) is 0 Å². The molecule has 0 radical (unpaired) electrons. The van der Waals surface area contributed by atoms with E-state index in [1.807, 2.05) is 23.6 Å². The van der Waals surface area contributed by atoms with Crippen LogP contribution in [0.1, 0.15) is 5.56 Å². The lowest BCUT2D eigenvalue weighted by atomic mass is 10.0. The van der Waals surface area contributed by atoms with Crippen LogP contribution in [0.5, 0.6) is 16.6 Å². The van der Waals surface area contributed by atoms with E-state index in [0.29, 0.717) is 24.7 Å². The van der Waals surface area contributed by atoms with E-state index in [9.17, 15) is 5.11 Å². The van der Waals surface area contributed by atoms with E-state index in [-0.39, 0.29) is 6.61 Å². The van der Waals surface area contributed by atoms with Crippen LogP contribution in [-0.4, -0.2) is 25.4 Å². The van der Waals surface area contributed by atoms with Gasteiger partial charge in [-0.05, 0) is 34.7 Å². The molecule has 1 aromatic heterocycles. The molecule has 1 N–H and O–H groups in total. The van der Waals surface area contributed by atoms with E-state index < -0.39 is 0 Å². The van der Waals surface area contributed by atoms with Crippen molar-refractivity contribution in [3.05, 3.63) is 29.1 Å². The maximum absolute atomic E-state index is 9.55. The molecule has 0 saturated carbocycles. The van der Waals surface area contributed by atoms with Crippen molar-refractivity contribution in [3.63, 3.8) is 0 Å². The highest BCUT2D eigenvalue weighted by molar-refractivity contribution is 7.12. The molecular weight excluding hydrogens is 264 g/mol. The summed E-state index contributed by atoms with van der Waals surface area (Å²) in [4.78, 5) is 0. The molecular formula is C14H14O4S. The first-order chi connectivity index (χ1) is 9.33. The quantitative estimate of drug-likeness (QED) is 0.937. The van der Waals surface area contributed by atoms with Crippen LogP contribution in [0.4, 0.5) is 0 Å². The van der Waals surface area contributed by atoms with Crippen molar-refractivity contribution in [1.82, 2.24) is 0 Å². The van der Waals surface area contributed by atoms with Gasteiger partial charge < -0.3 is 19.3 Å². The number of methoxy groups -OCH3 is 1. The van der Waals surface area contributed by atoms with Crippen molar-refractivity contribution >= 4 is 11.3 Å². The smallest absolute Gasteiger partial charge is 0.181 e. The first kappa shape index (κ1) is 12.3. The van der Waals surface area contributed by atoms with E-state index in [0.717, 1.165) is 21.8 Å². The van der Waals surface area contributed by atoms with Gasteiger partial charge in [-0.1, -0.05) is 0 Å². The fourth-order valence-electron chi connectivity index (χ4n) is 2.17. The van der Waals surface area contributed by atoms with Crippen LogP contribution in [-0.2, 0) is 6.61 Å². The number of thiophene rings is 1. The van der Waals surface area contributed by atoms with Crippen molar-refractivity contribution in [2.75, 3.05) is 20.3 Å². The van der Waals surface area contributed by atoms with Crippen molar-refractivity contribution in [2.24, 2.45) is 0 Å². The van der Waals surface area contributed by atoms with Gasteiger partial charge in [-0.25, -0.2) is 0 Å². The van der Waals surface area contributed by atoms with Gasteiger partial charge in [-0.3, -0.25) is 0 Å². The lowest BCUT2D eigenvalue weighted by Gasteiger charge is -2.20. The first-order valence-electron chi connectivity index (χ1n) is 5.98. The molecule has 2 aromatic rings. The van der Waals surface area contributed by atoms with Gasteiger partial charge >= 0.3 is 0 Å². The Bertz CT molecular complexity index is 591. The maximum atomic E-state index is 9.55. The molecule has 100 valence electrons. The highest BCUT2D eigenvalue weighted by atomic mass is 32.1. The molecule has 0 unspecified atom stereocenters. The summed E-state index contributed by atoms with van der Waals surface area (Å²) in [6.45, 7) is 1.04. The molecule has 19 heavy (non-hydrogen) atoms. The topological polar surface area (TPSA) is 47.9 Å². The van der Waals surface area contributed by atoms with Crippen LogP contribution < -0.4 is 14.2 Å². The van der Waals surface area contributed by atoms with Gasteiger partial charge in [-0.15, -0.1) is 11.3 Å². The predicted octanol–water partition coefficient (Wildman–Crippen LogP) is 2.69. The van der Waals surface area contributed by atoms with E-state index in [4.69, 9.17) is 14.2 Å². The minimum Gasteiger partial charge on any atom is -0.487 e. The SMILES string of the molecule is COc1sccc1-c1cc2c(cc1CO)OCCO2. The normalized spacial score (nSPS) is 13.4. The third-order valence-corrected chi connectivity index (χ3v) is 3.92. The lowest BCUT2D eigenvalue weighted by Crippen LogP contribution is -2.15. The van der Waals surface area contributed by atoms with E-state index >= 15 is 0 Å². The zero-order chi connectivity index (χ0) is 13.2. The van der Waals surface area contributed by atoms with Gasteiger partial charge in [0.2, 0.25) is 0 Å². The Kier molecular flexibility index (Phi) is 3.31. The van der Waals surface area contributed by atoms with Crippen LogP contribution in [0.15, 0.2) is 23.6 Å². The summed E-state index contributed by atoms with van der Waals surface area (Å²) in [5.41, 5.74) is 2.69. The number of benzene rings is 1. The van der Waals surface area contributed by atoms with Crippen molar-refractivity contribution in [1.29, 1.82) is 0 Å². The molecule has 1 aliphatic rings. The number of aliphatic hydroxyl groups excluding tert-OH is 1. The van der Waals surface area contributed by atoms with Crippen LogP contribution in [0, 0.1) is 0 Å². The van der Waals surface area contributed by atoms with Crippen LogP contribution in [0.25, 0.3) is 11.1 Å². The molecule has 0 bridgehead atoms. The van der Waals surface area contributed by atoms with Gasteiger partial charge in [0.05, 0.1) is 13.7 Å². The number of hydrogen-bond donors (Lipinski definition) is 1. The molecule has 3 rings (SSSR count). The van der Waals surface area contributed by atoms with Crippen molar-refractivity contribution in [3.8, 4) is 27.7 Å². The monoisotopic (exact) mass is 278 g/mol. The predicted molar refractivity (Wildman–Crippen MR) is 73.2 cm³/mol. The second kappa shape index (κ2) is 5.11. The van der Waals surface area contributed by atoms with Crippen LogP contribution in [0.2, 0.25) is 0 Å². The van der Waals surface area contributed by atoms with Gasteiger partial charge in [-0.2, -0.15) is 0 Å². The zero-order valence-electron chi connectivity index (χ0n) is 10.5. The summed E-state index contributed by atoms with van der Waals surface area (Å²) in [6, 6.07) is 5.72. The summed E-state index contributed by atoms with van der Waals surface area (Å²) in [5, 5.41) is 12.3. The number of aliphatic hydroxyl groups is 1. The Morgan fingerprint density at radius 2 is 1.95 bits per heavy atom. The molecule has 0 spiro atoms. The van der Waals surface area contributed by atoms with Crippen LogP contribution >= 0.6 is 11.3 Å². The number of ether oxygens (including phenoxy) is 3. The van der Waals surface area contributed by atoms with Gasteiger partial charge in [0, 0.05) is 5.56 Å². The second-order valence-electron chi connectivity index (χ2n) is 4.14. The Balaban J connectivity index is 2.14. The minimum atomic E-state index is -0.0506. The Morgan fingerprint density at radius 1 is 1.21 bits per heavy atom. The molecule has 5 heteroatoms. The molecule has 0 atom stereocenters. The number of fused-ring (bicyclic) bond motifs is 1. The van der Waals surface area contributed by atoms with Gasteiger partial charge in [0.25, 0.3) is 0 Å². The van der Waals surface area contributed by atoms with E-state index in [1.165, 1.54) is 11.3 Å². The summed E-state index contributed by atoms with van der Waals surface area (Å²) in [5.74, 6) is 1.40. The maximum Gasteiger partial charge on any atom is 0.181 e. The van der Waals surface area contributed by atoms with Crippen molar-refractivity contribution < 1.29 is 19.3 Å². The number of rotatable bonds is 3. The Morgan fingerprint density at radius 3 is 2.63 bits per heavy atom. The molecule has 0 amide bonds. The minimum absolute atomic E-state index is 0.0506. The first-order valence-corrected chi connectivity index (χ1v) is 6.86.